The number of rotatable bonds is 4. The van der Waals surface area contributed by atoms with Crippen LogP contribution in [0.4, 0.5) is 0 Å². The average Bonchev–Trinajstić information content (AvgIpc) is 3.07. The van der Waals surface area contributed by atoms with E-state index in [1.165, 1.54) is 24.3 Å². The Labute approximate surface area is 142 Å². The van der Waals surface area contributed by atoms with Crippen molar-refractivity contribution in [1.29, 1.82) is 0 Å². The molecule has 0 bridgehead atoms. The van der Waals surface area contributed by atoms with Crippen molar-refractivity contribution in [3.63, 3.8) is 0 Å². The van der Waals surface area contributed by atoms with E-state index in [4.69, 9.17) is 11.6 Å². The summed E-state index contributed by atoms with van der Waals surface area (Å²) in [6.07, 6.45) is 4.16. The first-order valence-corrected chi connectivity index (χ1v) is 11.5. The minimum absolute atomic E-state index is 0.110. The van der Waals surface area contributed by atoms with Gasteiger partial charge in [0, 0.05) is 17.1 Å². The molecular weight excluding hydrogens is 358 g/mol. The Morgan fingerprint density at radius 2 is 1.65 bits per heavy atom. The van der Waals surface area contributed by atoms with Crippen molar-refractivity contribution < 1.29 is 16.8 Å². The first-order chi connectivity index (χ1) is 10.8. The van der Waals surface area contributed by atoms with Crippen molar-refractivity contribution in [3.05, 3.63) is 29.3 Å². The molecule has 0 unspecified atom stereocenters. The molecule has 2 fully saturated rings. The molecule has 1 N–H and O–H groups in total. The zero-order chi connectivity index (χ0) is 16.7. The fourth-order valence-corrected chi connectivity index (χ4v) is 8.27. The fraction of sp³-hybridized carbons (Fsp3) is 0.600. The summed E-state index contributed by atoms with van der Waals surface area (Å²) in [5.74, 6) is -0.427. The number of nitrogens with one attached hydrogen (secondary N) is 1. The Bertz CT molecular complexity index is 768. The molecule has 1 aromatic rings. The average molecular weight is 378 g/mol. The van der Waals surface area contributed by atoms with E-state index in [-0.39, 0.29) is 22.4 Å². The number of sulfone groups is 2. The molecule has 1 heterocycles. The topological polar surface area (TPSA) is 80.3 Å². The smallest absolute Gasteiger partial charge is 0.183 e. The largest absolute Gasteiger partial charge is 0.309 e. The molecule has 2 atom stereocenters. The molecule has 0 spiro atoms. The third kappa shape index (κ3) is 3.73. The van der Waals surface area contributed by atoms with Gasteiger partial charge in [-0.2, -0.15) is 0 Å². The maximum Gasteiger partial charge on any atom is 0.183 e. The molecule has 3 rings (SSSR count). The van der Waals surface area contributed by atoms with Crippen molar-refractivity contribution in [1.82, 2.24) is 5.32 Å². The maximum absolute atomic E-state index is 12.9. The lowest BCUT2D eigenvalue weighted by Crippen LogP contribution is -2.47. The summed E-state index contributed by atoms with van der Waals surface area (Å²) in [6.45, 7) is 0. The van der Waals surface area contributed by atoms with Gasteiger partial charge in [0.2, 0.25) is 0 Å². The van der Waals surface area contributed by atoms with E-state index in [0.717, 1.165) is 25.7 Å². The van der Waals surface area contributed by atoms with Gasteiger partial charge in [-0.05, 0) is 37.1 Å². The fourth-order valence-electron chi connectivity index (χ4n) is 3.47. The van der Waals surface area contributed by atoms with Crippen LogP contribution in [-0.2, 0) is 19.7 Å². The number of hydrogen-bond donors (Lipinski definition) is 1. The molecule has 1 saturated heterocycles. The van der Waals surface area contributed by atoms with Crippen LogP contribution in [0.1, 0.15) is 25.7 Å². The van der Waals surface area contributed by atoms with Crippen LogP contribution in [0, 0.1) is 0 Å². The molecule has 5 nitrogen and oxygen atoms in total. The van der Waals surface area contributed by atoms with Gasteiger partial charge >= 0.3 is 0 Å². The van der Waals surface area contributed by atoms with Gasteiger partial charge in [0.1, 0.15) is 0 Å². The van der Waals surface area contributed by atoms with Crippen molar-refractivity contribution in [2.24, 2.45) is 0 Å². The van der Waals surface area contributed by atoms with Crippen molar-refractivity contribution in [2.45, 2.75) is 47.9 Å². The van der Waals surface area contributed by atoms with Crippen LogP contribution in [0.15, 0.2) is 29.2 Å². The lowest BCUT2D eigenvalue weighted by Gasteiger charge is -2.23. The third-order valence-corrected chi connectivity index (χ3v) is 9.06. The highest BCUT2D eigenvalue weighted by atomic mass is 35.5. The summed E-state index contributed by atoms with van der Waals surface area (Å²) < 4.78 is 49.8. The standard InChI is InChI=1S/C15H20ClNO4S2/c16-11-5-7-13(8-6-11)23(20,21)15-10-22(18,19)9-14(15)17-12-3-1-2-4-12/h5-8,12,14-15,17H,1-4,9-10H2/t14-,15-/m0/s1. The Kier molecular flexibility index (Phi) is 4.75. The predicted molar refractivity (Wildman–Crippen MR) is 90.3 cm³/mol. The summed E-state index contributed by atoms with van der Waals surface area (Å²) in [5.41, 5.74) is 0. The second-order valence-corrected chi connectivity index (χ2v) is 11.1. The second-order valence-electron chi connectivity index (χ2n) is 6.37. The molecule has 0 amide bonds. The minimum atomic E-state index is -3.72. The van der Waals surface area contributed by atoms with E-state index in [2.05, 4.69) is 5.32 Å². The highest BCUT2D eigenvalue weighted by Crippen LogP contribution is 2.28. The van der Waals surface area contributed by atoms with Crippen molar-refractivity contribution in [2.75, 3.05) is 11.5 Å². The highest BCUT2D eigenvalue weighted by Gasteiger charge is 2.46. The molecule has 1 aromatic carbocycles. The molecule has 0 radical (unpaired) electrons. The summed E-state index contributed by atoms with van der Waals surface area (Å²) in [5, 5.41) is 2.80. The van der Waals surface area contributed by atoms with Crippen LogP contribution in [-0.4, -0.2) is 45.7 Å². The van der Waals surface area contributed by atoms with Gasteiger partial charge < -0.3 is 5.32 Å². The predicted octanol–water partition coefficient (Wildman–Crippen LogP) is 1.81. The van der Waals surface area contributed by atoms with Gasteiger partial charge in [0.25, 0.3) is 0 Å². The van der Waals surface area contributed by atoms with E-state index in [1.807, 2.05) is 0 Å². The quantitative estimate of drug-likeness (QED) is 0.865. The third-order valence-electron chi connectivity index (χ3n) is 4.65. The lowest BCUT2D eigenvalue weighted by molar-refractivity contribution is 0.449. The lowest BCUT2D eigenvalue weighted by atomic mass is 10.2. The Balaban J connectivity index is 1.89. The molecule has 1 aliphatic carbocycles. The SMILES string of the molecule is O=S1(=O)C[C@H](NC2CCCC2)[C@@H](S(=O)(=O)c2ccc(Cl)cc2)C1. The summed E-state index contributed by atoms with van der Waals surface area (Å²) in [6, 6.07) is 5.58. The number of halogens is 1. The van der Waals surface area contributed by atoms with Crippen LogP contribution in [0.3, 0.4) is 0 Å². The zero-order valence-electron chi connectivity index (χ0n) is 12.6. The van der Waals surface area contributed by atoms with Gasteiger partial charge in [-0.25, -0.2) is 16.8 Å². The molecule has 8 heteroatoms. The van der Waals surface area contributed by atoms with E-state index in [9.17, 15) is 16.8 Å². The van der Waals surface area contributed by atoms with Gasteiger partial charge in [0.05, 0.1) is 21.7 Å². The molecular formula is C15H20ClNO4S2. The molecule has 1 saturated carbocycles. The van der Waals surface area contributed by atoms with E-state index in [1.54, 1.807) is 0 Å². The summed E-state index contributed by atoms with van der Waals surface area (Å²) in [4.78, 5) is 0.127. The first-order valence-electron chi connectivity index (χ1n) is 7.74. The van der Waals surface area contributed by atoms with Crippen LogP contribution >= 0.6 is 11.6 Å². The molecule has 2 aliphatic rings. The van der Waals surface area contributed by atoms with Crippen LogP contribution in [0.2, 0.25) is 5.02 Å². The van der Waals surface area contributed by atoms with Gasteiger partial charge in [-0.15, -0.1) is 0 Å². The van der Waals surface area contributed by atoms with E-state index >= 15 is 0 Å². The molecule has 0 aromatic heterocycles. The first kappa shape index (κ1) is 17.2. The van der Waals surface area contributed by atoms with Gasteiger partial charge in [-0.1, -0.05) is 24.4 Å². The van der Waals surface area contributed by atoms with Gasteiger partial charge in [0.15, 0.2) is 19.7 Å². The Morgan fingerprint density at radius 3 is 2.26 bits per heavy atom. The molecule has 1 aliphatic heterocycles. The van der Waals surface area contributed by atoms with Crippen LogP contribution < -0.4 is 5.32 Å². The van der Waals surface area contributed by atoms with Crippen molar-refractivity contribution >= 4 is 31.3 Å². The highest BCUT2D eigenvalue weighted by molar-refractivity contribution is 7.96. The number of benzene rings is 1. The van der Waals surface area contributed by atoms with Gasteiger partial charge in [-0.3, -0.25) is 0 Å². The van der Waals surface area contributed by atoms with E-state index in [0.29, 0.717) is 5.02 Å². The maximum atomic E-state index is 12.9. The summed E-state index contributed by atoms with van der Waals surface area (Å²) in [7, 11) is -7.07. The van der Waals surface area contributed by atoms with Crippen molar-refractivity contribution in [3.8, 4) is 0 Å². The molecule has 23 heavy (non-hydrogen) atoms. The summed E-state index contributed by atoms with van der Waals surface area (Å²) >= 11 is 5.81. The Morgan fingerprint density at radius 1 is 1.04 bits per heavy atom. The second kappa shape index (κ2) is 6.35. The Hall–Kier alpha value is -0.630. The number of hydrogen-bond acceptors (Lipinski definition) is 5. The van der Waals surface area contributed by atoms with Crippen LogP contribution in [0.5, 0.6) is 0 Å². The van der Waals surface area contributed by atoms with E-state index < -0.39 is 31.0 Å². The molecule has 128 valence electrons. The normalized spacial score (nSPS) is 28.2. The zero-order valence-corrected chi connectivity index (χ0v) is 15.0. The minimum Gasteiger partial charge on any atom is -0.309 e. The monoisotopic (exact) mass is 377 g/mol. The van der Waals surface area contributed by atoms with Crippen LogP contribution in [0.25, 0.3) is 0 Å².